The van der Waals surface area contributed by atoms with E-state index in [9.17, 15) is 23.6 Å². The maximum absolute atomic E-state index is 15.1. The Morgan fingerprint density at radius 1 is 0.644 bits per heavy atom. The molecule has 0 saturated carbocycles. The number of amides is 4. The highest BCUT2D eigenvalue weighted by Crippen LogP contribution is 2.35. The average molecular weight is 818 g/mol. The van der Waals surface area contributed by atoms with Gasteiger partial charge in [-0.15, -0.1) is 0 Å². The van der Waals surface area contributed by atoms with E-state index in [-0.39, 0.29) is 55.1 Å². The second-order valence-corrected chi connectivity index (χ2v) is 17.9. The van der Waals surface area contributed by atoms with Gasteiger partial charge in [0.2, 0.25) is 0 Å². The van der Waals surface area contributed by atoms with Gasteiger partial charge in [-0.1, -0.05) is 26.0 Å². The molecule has 12 nitrogen and oxygen atoms in total. The van der Waals surface area contributed by atoms with E-state index in [4.69, 9.17) is 14.2 Å². The lowest BCUT2D eigenvalue weighted by Gasteiger charge is -2.43. The first-order chi connectivity index (χ1) is 27.7. The molecule has 318 valence electrons. The Kier molecular flexibility index (Phi) is 12.8. The first-order valence-corrected chi connectivity index (χ1v) is 20.4. The van der Waals surface area contributed by atoms with Crippen molar-refractivity contribution < 1.29 is 42.2 Å². The lowest BCUT2D eigenvalue weighted by molar-refractivity contribution is 0.0238. The number of nitrogens with zero attached hydrogens (tertiary/aromatic N) is 5. The molecule has 0 aromatic heterocycles. The summed E-state index contributed by atoms with van der Waals surface area (Å²) < 4.78 is 46.6. The predicted molar refractivity (Wildman–Crippen MR) is 221 cm³/mol. The van der Waals surface area contributed by atoms with Crippen LogP contribution in [0.15, 0.2) is 60.7 Å². The van der Waals surface area contributed by atoms with Gasteiger partial charge in [-0.05, 0) is 102 Å². The van der Waals surface area contributed by atoms with Gasteiger partial charge in [-0.3, -0.25) is 9.59 Å². The predicted octanol–water partition coefficient (Wildman–Crippen LogP) is 7.70. The number of piperazine rings is 2. The van der Waals surface area contributed by atoms with Gasteiger partial charge < -0.3 is 38.7 Å². The van der Waals surface area contributed by atoms with Crippen LogP contribution in [-0.4, -0.2) is 126 Å². The van der Waals surface area contributed by atoms with E-state index in [1.54, 1.807) is 56.0 Å². The molecule has 0 bridgehead atoms. The zero-order valence-corrected chi connectivity index (χ0v) is 35.4. The number of hydrogen-bond donors (Lipinski definition) is 0. The molecule has 6 rings (SSSR count). The first kappa shape index (κ1) is 43.2. The fourth-order valence-corrected chi connectivity index (χ4v) is 7.64. The van der Waals surface area contributed by atoms with Crippen LogP contribution in [0, 0.1) is 17.6 Å². The van der Waals surface area contributed by atoms with Gasteiger partial charge in [0.1, 0.15) is 34.7 Å². The smallest absolute Gasteiger partial charge is 0.410 e. The first-order valence-electron chi connectivity index (χ1n) is 20.4. The number of benzene rings is 3. The number of carbonyl (C=O) groups excluding carboxylic acids is 4. The number of anilines is 1. The molecule has 3 aliphatic rings. The highest BCUT2D eigenvalue weighted by atomic mass is 19.1. The summed E-state index contributed by atoms with van der Waals surface area (Å²) in [6, 6.07) is 15.2. The second kappa shape index (κ2) is 17.4. The van der Waals surface area contributed by atoms with Crippen LogP contribution in [-0.2, 0) is 9.47 Å². The Bertz CT molecular complexity index is 2020. The van der Waals surface area contributed by atoms with Crippen molar-refractivity contribution in [1.82, 2.24) is 19.6 Å². The van der Waals surface area contributed by atoms with Gasteiger partial charge in [0.05, 0.1) is 12.6 Å². The van der Waals surface area contributed by atoms with E-state index in [1.807, 2.05) is 60.3 Å². The van der Waals surface area contributed by atoms with Crippen LogP contribution >= 0.6 is 0 Å². The van der Waals surface area contributed by atoms with Crippen molar-refractivity contribution in [1.29, 1.82) is 0 Å². The van der Waals surface area contributed by atoms with Gasteiger partial charge in [0.15, 0.2) is 0 Å². The van der Waals surface area contributed by atoms with Gasteiger partial charge >= 0.3 is 12.2 Å². The molecule has 3 fully saturated rings. The fourth-order valence-electron chi connectivity index (χ4n) is 7.64. The molecule has 0 radical (unpaired) electrons. The summed E-state index contributed by atoms with van der Waals surface area (Å²) in [4.78, 5) is 62.3. The molecule has 2 atom stereocenters. The topological polar surface area (TPSA) is 112 Å². The molecule has 3 saturated heterocycles. The monoisotopic (exact) mass is 817 g/mol. The zero-order chi connectivity index (χ0) is 42.8. The molecule has 3 aliphatic heterocycles. The standard InChI is InChI=1S/C45H57F2N5O7/c1-29(2)38-28-50(40(53)32-23-34(47)26-35(24-32)48-17-19-49(20-18-48)42(55)58-44(3,4)5)21-22-52(38)41(54)31-11-14-39(37(25-31)30-9-12-33(46)13-10-30)57-36-15-16-51(27-36)43(56)59-45(6,7)8/h9-14,23-26,29,36,38H,15-22,27-28H2,1-8H3/t36-,38+/m0/s1. The third-order valence-corrected chi connectivity index (χ3v) is 10.6. The molecule has 0 N–H and O–H groups in total. The van der Waals surface area contributed by atoms with Crippen molar-refractivity contribution in [2.75, 3.05) is 63.8 Å². The van der Waals surface area contributed by atoms with Gasteiger partial charge in [-0.2, -0.15) is 0 Å². The third-order valence-electron chi connectivity index (χ3n) is 10.6. The number of carbonyl (C=O) groups is 4. The molecule has 3 aromatic carbocycles. The van der Waals surface area contributed by atoms with Gasteiger partial charge in [0.25, 0.3) is 11.8 Å². The summed E-state index contributed by atoms with van der Waals surface area (Å²) in [5, 5.41) is 0. The molecule has 0 unspecified atom stereocenters. The molecule has 0 spiro atoms. The van der Waals surface area contributed by atoms with Crippen molar-refractivity contribution in [3.63, 3.8) is 0 Å². The maximum Gasteiger partial charge on any atom is 0.410 e. The van der Waals surface area contributed by atoms with E-state index in [0.717, 1.165) is 0 Å². The molecule has 0 aliphatic carbocycles. The number of halogens is 2. The molecule has 14 heteroatoms. The second-order valence-electron chi connectivity index (χ2n) is 17.9. The summed E-state index contributed by atoms with van der Waals surface area (Å²) in [5.74, 6) is -0.999. The SMILES string of the molecule is CC(C)[C@H]1CN(C(=O)c2cc(F)cc(N3CCN(C(=O)OC(C)(C)C)CC3)c2)CCN1C(=O)c1ccc(O[C@H]2CCN(C(=O)OC(C)(C)C)C2)c(-c2ccc(F)cc2)c1. The van der Waals surface area contributed by atoms with Crippen LogP contribution in [0.3, 0.4) is 0 Å². The highest BCUT2D eigenvalue weighted by molar-refractivity contribution is 5.98. The minimum atomic E-state index is -0.624. The normalized spacial score (nSPS) is 18.9. The van der Waals surface area contributed by atoms with Crippen LogP contribution in [0.2, 0.25) is 0 Å². The van der Waals surface area contributed by atoms with Crippen molar-refractivity contribution >= 4 is 29.7 Å². The Hall–Kier alpha value is -5.40. The number of rotatable bonds is 7. The summed E-state index contributed by atoms with van der Waals surface area (Å²) >= 11 is 0. The number of ether oxygens (including phenoxy) is 3. The quantitative estimate of drug-likeness (QED) is 0.239. The van der Waals surface area contributed by atoms with Crippen LogP contribution in [0.25, 0.3) is 11.1 Å². The van der Waals surface area contributed by atoms with E-state index in [0.29, 0.717) is 73.8 Å². The summed E-state index contributed by atoms with van der Waals surface area (Å²) in [6.45, 7) is 18.2. The number of hydrogen-bond acceptors (Lipinski definition) is 8. The summed E-state index contributed by atoms with van der Waals surface area (Å²) in [5.41, 5.74) is 1.21. The lowest BCUT2D eigenvalue weighted by Crippen LogP contribution is -2.58. The van der Waals surface area contributed by atoms with Crippen LogP contribution in [0.4, 0.5) is 24.1 Å². The van der Waals surface area contributed by atoms with Gasteiger partial charge in [-0.25, -0.2) is 18.4 Å². The molecule has 3 heterocycles. The van der Waals surface area contributed by atoms with Crippen molar-refractivity contribution in [2.24, 2.45) is 5.92 Å². The number of likely N-dealkylation sites (tertiary alicyclic amines) is 1. The maximum atomic E-state index is 15.1. The Morgan fingerprint density at radius 3 is 1.90 bits per heavy atom. The Morgan fingerprint density at radius 2 is 1.27 bits per heavy atom. The van der Waals surface area contributed by atoms with E-state index in [2.05, 4.69) is 0 Å². The van der Waals surface area contributed by atoms with Crippen molar-refractivity contribution in [3.8, 4) is 16.9 Å². The minimum Gasteiger partial charge on any atom is -0.488 e. The fraction of sp³-hybridized carbons (Fsp3) is 0.511. The van der Waals surface area contributed by atoms with Crippen molar-refractivity contribution in [3.05, 3.63) is 83.4 Å². The minimum absolute atomic E-state index is 0.0200. The third kappa shape index (κ3) is 10.8. The Labute approximate surface area is 345 Å². The molecule has 59 heavy (non-hydrogen) atoms. The zero-order valence-electron chi connectivity index (χ0n) is 35.4. The molecular weight excluding hydrogens is 761 g/mol. The van der Waals surface area contributed by atoms with Crippen LogP contribution in [0.1, 0.15) is 82.5 Å². The lowest BCUT2D eigenvalue weighted by atomic mass is 9.96. The molecular formula is C45H57F2N5O7. The van der Waals surface area contributed by atoms with Crippen LogP contribution in [0.5, 0.6) is 5.75 Å². The average Bonchev–Trinajstić information content (AvgIpc) is 3.65. The van der Waals surface area contributed by atoms with E-state index in [1.165, 1.54) is 24.3 Å². The van der Waals surface area contributed by atoms with Gasteiger partial charge in [0, 0.05) is 81.2 Å². The molecule has 3 aromatic rings. The van der Waals surface area contributed by atoms with Crippen molar-refractivity contribution in [2.45, 2.75) is 85.2 Å². The Balaban J connectivity index is 1.15. The van der Waals surface area contributed by atoms with E-state index < -0.39 is 35.0 Å². The van der Waals surface area contributed by atoms with Crippen LogP contribution < -0.4 is 9.64 Å². The summed E-state index contributed by atoms with van der Waals surface area (Å²) in [6.07, 6.45) is -0.524. The molecule has 4 amide bonds. The largest absolute Gasteiger partial charge is 0.488 e. The highest BCUT2D eigenvalue weighted by Gasteiger charge is 2.37. The summed E-state index contributed by atoms with van der Waals surface area (Å²) in [7, 11) is 0. The van der Waals surface area contributed by atoms with E-state index >= 15 is 4.39 Å².